The fraction of sp³-hybridized carbons (Fsp3) is 0.125. The van der Waals surface area contributed by atoms with Crippen molar-refractivity contribution in [2.24, 2.45) is 0 Å². The minimum Gasteiger partial charge on any atom is -0.462 e. The van der Waals surface area contributed by atoms with Gasteiger partial charge in [0.2, 0.25) is 5.91 Å². The minimum absolute atomic E-state index is 0.143. The molecule has 0 bridgehead atoms. The van der Waals surface area contributed by atoms with E-state index in [2.05, 4.69) is 11.4 Å². The van der Waals surface area contributed by atoms with Gasteiger partial charge in [0, 0.05) is 16.8 Å². The molecular weight excluding hydrogens is 522 g/mol. The van der Waals surface area contributed by atoms with Gasteiger partial charge < -0.3 is 10.1 Å². The van der Waals surface area contributed by atoms with Crippen LogP contribution in [0.25, 0.3) is 10.8 Å². The summed E-state index contributed by atoms with van der Waals surface area (Å²) in [6.45, 7) is 2.03. The minimum atomic E-state index is -0.588. The van der Waals surface area contributed by atoms with Crippen LogP contribution in [-0.4, -0.2) is 29.6 Å². The Morgan fingerprint density at radius 3 is 2.38 bits per heavy atom. The smallest absolute Gasteiger partial charge is 0.338 e. The first-order chi connectivity index (χ1) is 19.5. The fourth-order valence-electron chi connectivity index (χ4n) is 4.52. The van der Waals surface area contributed by atoms with Gasteiger partial charge in [-0.25, -0.2) is 4.79 Å². The molecule has 5 rings (SSSR count). The summed E-state index contributed by atoms with van der Waals surface area (Å²) in [4.78, 5) is 40.7. The molecular formula is C32H25N3O4S. The maximum Gasteiger partial charge on any atom is 0.338 e. The van der Waals surface area contributed by atoms with Crippen molar-refractivity contribution in [1.29, 1.82) is 5.26 Å². The quantitative estimate of drug-likeness (QED) is 0.171. The highest BCUT2D eigenvalue weighted by atomic mass is 32.2. The van der Waals surface area contributed by atoms with Crippen molar-refractivity contribution < 1.29 is 19.1 Å². The maximum atomic E-state index is 13.7. The Morgan fingerprint density at radius 2 is 1.65 bits per heavy atom. The average molecular weight is 548 g/mol. The summed E-state index contributed by atoms with van der Waals surface area (Å²) in [5.41, 5.74) is 2.28. The normalized spacial score (nSPS) is 15.9. The summed E-state index contributed by atoms with van der Waals surface area (Å²) in [6.07, 6.45) is 0.350. The summed E-state index contributed by atoms with van der Waals surface area (Å²) in [6, 6.07) is 31.1. The number of benzene rings is 4. The second-order valence-electron chi connectivity index (χ2n) is 9.01. The number of nitrogens with one attached hydrogen (secondary N) is 1. The second-order valence-corrected chi connectivity index (χ2v) is 10.2. The molecule has 0 saturated carbocycles. The first kappa shape index (κ1) is 26.7. The third-order valence-corrected chi connectivity index (χ3v) is 7.71. The molecule has 198 valence electrons. The van der Waals surface area contributed by atoms with Crippen LogP contribution in [0.15, 0.2) is 108 Å². The number of nitriles is 1. The van der Waals surface area contributed by atoms with Crippen LogP contribution in [0.2, 0.25) is 0 Å². The molecule has 7 nitrogen and oxygen atoms in total. The van der Waals surface area contributed by atoms with Gasteiger partial charge in [0.15, 0.2) is 0 Å². The Hall–Kier alpha value is -4.87. The highest BCUT2D eigenvalue weighted by Crippen LogP contribution is 2.42. The Kier molecular flexibility index (Phi) is 7.94. The van der Waals surface area contributed by atoms with Gasteiger partial charge in [0.1, 0.15) is 16.7 Å². The van der Waals surface area contributed by atoms with Crippen molar-refractivity contribution in [2.75, 3.05) is 16.8 Å². The Bertz CT molecular complexity index is 1650. The molecule has 1 atom stereocenters. The van der Waals surface area contributed by atoms with E-state index in [1.54, 1.807) is 61.5 Å². The molecule has 0 radical (unpaired) electrons. The van der Waals surface area contributed by atoms with E-state index in [9.17, 15) is 19.6 Å². The van der Waals surface area contributed by atoms with Gasteiger partial charge in [-0.3, -0.25) is 14.5 Å². The molecule has 1 aliphatic heterocycles. The monoisotopic (exact) mass is 547 g/mol. The van der Waals surface area contributed by atoms with E-state index in [0.29, 0.717) is 23.4 Å². The third-order valence-electron chi connectivity index (χ3n) is 6.44. The van der Waals surface area contributed by atoms with Crippen molar-refractivity contribution in [2.45, 2.75) is 18.6 Å². The van der Waals surface area contributed by atoms with E-state index in [1.165, 1.54) is 16.7 Å². The van der Waals surface area contributed by atoms with Gasteiger partial charge in [0.05, 0.1) is 17.4 Å². The van der Waals surface area contributed by atoms with Crippen LogP contribution >= 0.6 is 11.8 Å². The van der Waals surface area contributed by atoms with Crippen LogP contribution in [0.4, 0.5) is 11.4 Å². The van der Waals surface area contributed by atoms with Crippen LogP contribution in [0.3, 0.4) is 0 Å². The van der Waals surface area contributed by atoms with Crippen LogP contribution < -0.4 is 10.2 Å². The number of ether oxygens (including phenoxy) is 1. The van der Waals surface area contributed by atoms with Crippen LogP contribution in [-0.2, 0) is 20.7 Å². The topological polar surface area (TPSA) is 99.5 Å². The van der Waals surface area contributed by atoms with Crippen molar-refractivity contribution >= 4 is 51.7 Å². The number of rotatable bonds is 7. The van der Waals surface area contributed by atoms with Gasteiger partial charge in [-0.1, -0.05) is 78.5 Å². The highest BCUT2D eigenvalue weighted by molar-refractivity contribution is 8.05. The van der Waals surface area contributed by atoms with Gasteiger partial charge in [-0.2, -0.15) is 5.26 Å². The molecule has 0 aromatic heterocycles. The number of carbonyl (C=O) groups excluding carboxylic acids is 3. The average Bonchev–Trinajstić information content (AvgIpc) is 3.29. The number of anilines is 2. The molecule has 1 heterocycles. The lowest BCUT2D eigenvalue weighted by Gasteiger charge is -2.18. The molecule has 0 unspecified atom stereocenters. The van der Waals surface area contributed by atoms with E-state index in [0.717, 1.165) is 16.3 Å². The summed E-state index contributed by atoms with van der Waals surface area (Å²) in [7, 11) is 0. The summed E-state index contributed by atoms with van der Waals surface area (Å²) >= 11 is 1.19. The predicted molar refractivity (Wildman–Crippen MR) is 157 cm³/mol. The number of esters is 1. The van der Waals surface area contributed by atoms with Crippen LogP contribution in [0.5, 0.6) is 0 Å². The third kappa shape index (κ3) is 5.46. The maximum absolute atomic E-state index is 13.7. The largest absolute Gasteiger partial charge is 0.462 e. The first-order valence-electron chi connectivity index (χ1n) is 12.8. The van der Waals surface area contributed by atoms with E-state index in [1.807, 2.05) is 42.5 Å². The van der Waals surface area contributed by atoms with Crippen LogP contribution in [0, 0.1) is 11.3 Å². The molecule has 1 aliphatic rings. The van der Waals surface area contributed by atoms with Crippen molar-refractivity contribution in [1.82, 2.24) is 0 Å². The van der Waals surface area contributed by atoms with Gasteiger partial charge in [0.25, 0.3) is 5.91 Å². The first-order valence-corrected chi connectivity index (χ1v) is 13.6. The number of hydrogen-bond acceptors (Lipinski definition) is 6. The number of amides is 2. The van der Waals surface area contributed by atoms with Gasteiger partial charge >= 0.3 is 5.97 Å². The lowest BCUT2D eigenvalue weighted by molar-refractivity contribution is -0.117. The fourth-order valence-corrected chi connectivity index (χ4v) is 5.83. The molecule has 4 aromatic rings. The summed E-state index contributed by atoms with van der Waals surface area (Å²) in [5, 5.41) is 14.5. The number of fused-ring (bicyclic) bond motifs is 1. The molecule has 4 aromatic carbocycles. The predicted octanol–water partition coefficient (Wildman–Crippen LogP) is 6.08. The van der Waals surface area contributed by atoms with E-state index >= 15 is 0 Å². The standard InChI is InChI=1S/C32H25N3O4S/c1-2-39-32(38)23-17-15-21(16-18-23)19-28-30(37)35(24-11-4-3-5-12-24)31(40-28)26(20-33)29(36)34-27-14-8-10-22-9-6-7-13-25(22)27/h3-18,28H,2,19H2,1H3,(H,34,36)/b31-26-/t28-/m0/s1. The molecule has 1 N–H and O–H groups in total. The van der Waals surface area contributed by atoms with E-state index < -0.39 is 17.1 Å². The number of carbonyl (C=O) groups is 3. The molecule has 1 saturated heterocycles. The highest BCUT2D eigenvalue weighted by Gasteiger charge is 2.40. The Balaban J connectivity index is 1.47. The number of hydrogen-bond donors (Lipinski definition) is 1. The van der Waals surface area contributed by atoms with Crippen molar-refractivity contribution in [3.63, 3.8) is 0 Å². The molecule has 0 spiro atoms. The SMILES string of the molecule is CCOC(=O)c1ccc(C[C@@H]2S/C(=C(/C#N)C(=O)Nc3cccc4ccccc34)N(c3ccccc3)C2=O)cc1. The Labute approximate surface area is 236 Å². The van der Waals surface area contributed by atoms with Crippen molar-refractivity contribution in [3.05, 3.63) is 119 Å². The zero-order valence-corrected chi connectivity index (χ0v) is 22.5. The number of nitrogens with zero attached hydrogens (tertiary/aromatic N) is 2. The van der Waals surface area contributed by atoms with Gasteiger partial charge in [-0.15, -0.1) is 0 Å². The van der Waals surface area contributed by atoms with Crippen molar-refractivity contribution in [3.8, 4) is 6.07 Å². The molecule has 1 fully saturated rings. The van der Waals surface area contributed by atoms with E-state index in [-0.39, 0.29) is 23.1 Å². The molecule has 0 aliphatic carbocycles. The number of para-hydroxylation sites is 1. The lowest BCUT2D eigenvalue weighted by atomic mass is 10.1. The zero-order chi connectivity index (χ0) is 28.1. The number of thioether (sulfide) groups is 1. The molecule has 8 heteroatoms. The lowest BCUT2D eigenvalue weighted by Crippen LogP contribution is -2.30. The summed E-state index contributed by atoms with van der Waals surface area (Å²) < 4.78 is 5.04. The zero-order valence-electron chi connectivity index (χ0n) is 21.7. The second kappa shape index (κ2) is 11.9. The molecule has 40 heavy (non-hydrogen) atoms. The van der Waals surface area contributed by atoms with E-state index in [4.69, 9.17) is 4.74 Å². The van der Waals surface area contributed by atoms with Gasteiger partial charge in [-0.05, 0) is 54.6 Å². The Morgan fingerprint density at radius 1 is 0.950 bits per heavy atom. The van der Waals surface area contributed by atoms with Crippen LogP contribution in [0.1, 0.15) is 22.8 Å². The summed E-state index contributed by atoms with van der Waals surface area (Å²) in [5.74, 6) is -1.22. The molecule has 2 amide bonds.